The average Bonchev–Trinajstić information content (AvgIpc) is 2.59. The lowest BCUT2D eigenvalue weighted by molar-refractivity contribution is 0.101. The molecule has 20 heavy (non-hydrogen) atoms. The fourth-order valence-electron chi connectivity index (χ4n) is 3.01. The summed E-state index contributed by atoms with van der Waals surface area (Å²) in [6.45, 7) is 6.44. The Balaban J connectivity index is 2.43. The molecule has 110 valence electrons. The third kappa shape index (κ3) is 3.01. The van der Waals surface area contributed by atoms with Gasteiger partial charge in [-0.05, 0) is 45.5 Å². The van der Waals surface area contributed by atoms with Gasteiger partial charge in [-0.1, -0.05) is 13.0 Å². The van der Waals surface area contributed by atoms with E-state index in [1.807, 2.05) is 6.07 Å². The molecule has 0 amide bonds. The summed E-state index contributed by atoms with van der Waals surface area (Å²) in [4.78, 5) is 16.3. The first-order valence-electron chi connectivity index (χ1n) is 7.29. The summed E-state index contributed by atoms with van der Waals surface area (Å²) in [5.41, 5.74) is 0.982. The summed E-state index contributed by atoms with van der Waals surface area (Å²) >= 11 is 0. The molecule has 1 aromatic rings. The number of hydrogen-bond donors (Lipinski definition) is 0. The van der Waals surface area contributed by atoms with Crippen molar-refractivity contribution in [3.63, 3.8) is 0 Å². The van der Waals surface area contributed by atoms with Crippen LogP contribution in [-0.4, -0.2) is 43.4 Å². The van der Waals surface area contributed by atoms with Gasteiger partial charge in [-0.15, -0.1) is 0 Å². The molecule has 1 unspecified atom stereocenters. The number of likely N-dealkylation sites (N-methyl/N-ethyl adjacent to an activating group) is 1. The smallest absolute Gasteiger partial charge is 0.164 e. The van der Waals surface area contributed by atoms with Crippen molar-refractivity contribution in [2.75, 3.05) is 31.6 Å². The van der Waals surface area contributed by atoms with Crippen LogP contribution in [0, 0.1) is 5.82 Å². The van der Waals surface area contributed by atoms with Gasteiger partial charge in [0, 0.05) is 19.1 Å². The second kappa shape index (κ2) is 6.35. The quantitative estimate of drug-likeness (QED) is 0.794. The highest BCUT2D eigenvalue weighted by molar-refractivity contribution is 6.00. The number of Topliss-reactive ketones (excluding diaryl/α,β-unsaturated/α-hetero) is 1. The number of carbonyl (C=O) groups is 1. The zero-order valence-corrected chi connectivity index (χ0v) is 12.5. The first-order valence-corrected chi connectivity index (χ1v) is 7.29. The lowest BCUT2D eigenvalue weighted by Gasteiger charge is -2.33. The first kappa shape index (κ1) is 15.0. The molecule has 1 aliphatic heterocycles. The van der Waals surface area contributed by atoms with Gasteiger partial charge in [0.2, 0.25) is 0 Å². The average molecular weight is 278 g/mol. The van der Waals surface area contributed by atoms with Crippen LogP contribution < -0.4 is 4.90 Å². The number of nitrogens with zero attached hydrogens (tertiary/aromatic N) is 2. The summed E-state index contributed by atoms with van der Waals surface area (Å²) in [6, 6.07) is 5.25. The second-order valence-electron chi connectivity index (χ2n) is 5.56. The van der Waals surface area contributed by atoms with E-state index in [1.54, 1.807) is 6.07 Å². The van der Waals surface area contributed by atoms with Crippen LogP contribution >= 0.6 is 0 Å². The zero-order chi connectivity index (χ0) is 14.7. The van der Waals surface area contributed by atoms with Crippen molar-refractivity contribution in [1.82, 2.24) is 4.90 Å². The minimum atomic E-state index is -0.414. The van der Waals surface area contributed by atoms with Crippen molar-refractivity contribution in [3.8, 4) is 0 Å². The molecular weight excluding hydrogens is 255 g/mol. The lowest BCUT2D eigenvalue weighted by Crippen LogP contribution is -2.40. The topological polar surface area (TPSA) is 23.6 Å². The molecule has 1 atom stereocenters. The van der Waals surface area contributed by atoms with E-state index < -0.39 is 5.82 Å². The Hall–Kier alpha value is -1.42. The number of halogens is 1. The summed E-state index contributed by atoms with van der Waals surface area (Å²) in [6.07, 6.45) is 2.01. The Morgan fingerprint density at radius 2 is 2.15 bits per heavy atom. The molecule has 0 spiro atoms. The summed E-state index contributed by atoms with van der Waals surface area (Å²) < 4.78 is 14.0. The van der Waals surface area contributed by atoms with Crippen molar-refractivity contribution in [1.29, 1.82) is 0 Å². The lowest BCUT2D eigenvalue weighted by atomic mass is 10.0. The highest BCUT2D eigenvalue weighted by Gasteiger charge is 2.26. The van der Waals surface area contributed by atoms with Gasteiger partial charge in [-0.2, -0.15) is 0 Å². The molecule has 1 heterocycles. The van der Waals surface area contributed by atoms with Crippen molar-refractivity contribution in [2.24, 2.45) is 0 Å². The number of carbonyl (C=O) groups excluding carboxylic acids is 1. The van der Waals surface area contributed by atoms with Crippen LogP contribution in [0.2, 0.25) is 0 Å². The molecule has 0 bridgehead atoms. The molecule has 0 saturated carbocycles. The third-order valence-corrected chi connectivity index (χ3v) is 4.03. The van der Waals surface area contributed by atoms with Crippen LogP contribution in [0.1, 0.15) is 37.0 Å². The Morgan fingerprint density at radius 3 is 2.80 bits per heavy atom. The highest BCUT2D eigenvalue weighted by atomic mass is 19.1. The highest BCUT2D eigenvalue weighted by Crippen LogP contribution is 2.28. The van der Waals surface area contributed by atoms with Gasteiger partial charge in [0.1, 0.15) is 5.82 Å². The molecule has 1 fully saturated rings. The normalized spacial score (nSPS) is 20.8. The molecule has 0 N–H and O–H groups in total. The molecule has 1 aliphatic rings. The van der Waals surface area contributed by atoms with Gasteiger partial charge in [0.05, 0.1) is 11.3 Å². The minimum absolute atomic E-state index is 0.203. The van der Waals surface area contributed by atoms with Crippen LogP contribution in [0.3, 0.4) is 0 Å². The number of rotatable bonds is 3. The Morgan fingerprint density at radius 1 is 1.40 bits per heavy atom. The second-order valence-corrected chi connectivity index (χ2v) is 5.56. The van der Waals surface area contributed by atoms with Crippen LogP contribution in [0.25, 0.3) is 0 Å². The van der Waals surface area contributed by atoms with E-state index >= 15 is 0 Å². The maximum absolute atomic E-state index is 14.0. The molecule has 3 nitrogen and oxygen atoms in total. The third-order valence-electron chi connectivity index (χ3n) is 4.03. The van der Waals surface area contributed by atoms with Gasteiger partial charge in [-0.25, -0.2) is 4.39 Å². The number of anilines is 1. The fourth-order valence-corrected chi connectivity index (χ4v) is 3.01. The van der Waals surface area contributed by atoms with Gasteiger partial charge < -0.3 is 9.80 Å². The van der Waals surface area contributed by atoms with Crippen LogP contribution in [0.5, 0.6) is 0 Å². The van der Waals surface area contributed by atoms with Gasteiger partial charge in [0.25, 0.3) is 0 Å². The standard InChI is InChI=1S/C16H23FN2O/c1-4-13-11-18(3)9-6-10-19(13)15-8-5-7-14(17)16(15)12(2)20/h5,7-8,13H,4,6,9-11H2,1-3H3. The van der Waals surface area contributed by atoms with E-state index in [0.717, 1.165) is 38.2 Å². The molecule has 4 heteroatoms. The van der Waals surface area contributed by atoms with E-state index in [1.165, 1.54) is 13.0 Å². The van der Waals surface area contributed by atoms with E-state index in [-0.39, 0.29) is 11.3 Å². The molecule has 2 rings (SSSR count). The Kier molecular flexibility index (Phi) is 4.76. The summed E-state index contributed by atoms with van der Waals surface area (Å²) in [5, 5.41) is 0. The molecule has 0 aliphatic carbocycles. The van der Waals surface area contributed by atoms with E-state index in [0.29, 0.717) is 6.04 Å². The van der Waals surface area contributed by atoms with Crippen molar-refractivity contribution in [2.45, 2.75) is 32.7 Å². The monoisotopic (exact) mass is 278 g/mol. The van der Waals surface area contributed by atoms with Crippen LogP contribution in [0.15, 0.2) is 18.2 Å². The number of ketones is 1. The van der Waals surface area contributed by atoms with Gasteiger partial charge in [-0.3, -0.25) is 4.79 Å². The number of benzene rings is 1. The molecule has 1 aromatic carbocycles. The van der Waals surface area contributed by atoms with Gasteiger partial charge in [0.15, 0.2) is 5.78 Å². The van der Waals surface area contributed by atoms with Gasteiger partial charge >= 0.3 is 0 Å². The maximum Gasteiger partial charge on any atom is 0.164 e. The predicted molar refractivity (Wildman–Crippen MR) is 79.9 cm³/mol. The molecule has 0 aromatic heterocycles. The summed E-state index contributed by atoms with van der Waals surface area (Å²) in [7, 11) is 2.11. The summed E-state index contributed by atoms with van der Waals surface area (Å²) in [5.74, 6) is -0.618. The fraction of sp³-hybridized carbons (Fsp3) is 0.562. The van der Waals surface area contributed by atoms with Crippen molar-refractivity contribution < 1.29 is 9.18 Å². The largest absolute Gasteiger partial charge is 0.367 e. The SMILES string of the molecule is CCC1CN(C)CCCN1c1cccc(F)c1C(C)=O. The predicted octanol–water partition coefficient (Wildman–Crippen LogP) is 2.95. The first-order chi connectivity index (χ1) is 9.54. The molecular formula is C16H23FN2O. The van der Waals surface area contributed by atoms with Crippen molar-refractivity contribution >= 4 is 11.5 Å². The van der Waals surface area contributed by atoms with Crippen LogP contribution in [-0.2, 0) is 0 Å². The zero-order valence-electron chi connectivity index (χ0n) is 12.5. The Bertz CT molecular complexity index is 489. The maximum atomic E-state index is 14.0. The van der Waals surface area contributed by atoms with Crippen molar-refractivity contribution in [3.05, 3.63) is 29.6 Å². The Labute approximate surface area is 120 Å². The van der Waals surface area contributed by atoms with E-state index in [4.69, 9.17) is 0 Å². The minimum Gasteiger partial charge on any atom is -0.367 e. The van der Waals surface area contributed by atoms with E-state index in [9.17, 15) is 9.18 Å². The number of hydrogen-bond acceptors (Lipinski definition) is 3. The van der Waals surface area contributed by atoms with E-state index in [2.05, 4.69) is 23.8 Å². The molecule has 0 radical (unpaired) electrons. The van der Waals surface area contributed by atoms with Crippen LogP contribution in [0.4, 0.5) is 10.1 Å². The molecule has 1 saturated heterocycles.